The van der Waals surface area contributed by atoms with Gasteiger partial charge in [-0.25, -0.2) is 4.98 Å². The number of nitrogens with one attached hydrogen (secondary N) is 2. The predicted molar refractivity (Wildman–Crippen MR) is 108 cm³/mol. The summed E-state index contributed by atoms with van der Waals surface area (Å²) in [6.45, 7) is 1.92. The molecule has 3 rings (SSSR count). The molecule has 1 aromatic carbocycles. The number of aryl methyl sites for hydroxylation is 1. The Hall–Kier alpha value is -3.04. The van der Waals surface area contributed by atoms with Crippen molar-refractivity contribution in [1.82, 2.24) is 20.2 Å². The van der Waals surface area contributed by atoms with Gasteiger partial charge in [-0.05, 0) is 12.0 Å². The van der Waals surface area contributed by atoms with Crippen LogP contribution < -0.4 is 5.32 Å². The minimum atomic E-state index is -1.07. The van der Waals surface area contributed by atoms with Gasteiger partial charge in [0.25, 0.3) is 0 Å². The molecule has 0 aliphatic carbocycles. The van der Waals surface area contributed by atoms with E-state index in [0.29, 0.717) is 44.8 Å². The molecule has 160 valence electrons. The first-order valence-corrected chi connectivity index (χ1v) is 9.95. The fraction of sp³-hybridized carbons (Fsp3) is 0.429. The number of morpholine rings is 1. The molecular weight excluding hydrogens is 388 g/mol. The Balaban J connectivity index is 1.50. The highest BCUT2D eigenvalue weighted by Gasteiger charge is 2.23. The SMILES string of the molecule is O=C(CCc1ccccc1)c1ncc(C[C@H](NCC(=O)N2CCOCC2)C(=O)O)[nH]1. The van der Waals surface area contributed by atoms with Gasteiger partial charge in [0, 0.05) is 37.8 Å². The van der Waals surface area contributed by atoms with Gasteiger partial charge in [-0.2, -0.15) is 0 Å². The molecule has 1 amide bonds. The summed E-state index contributed by atoms with van der Waals surface area (Å²) in [6, 6.07) is 8.72. The van der Waals surface area contributed by atoms with Crippen LogP contribution in [0.1, 0.15) is 28.3 Å². The van der Waals surface area contributed by atoms with Gasteiger partial charge in [0.05, 0.1) is 19.8 Å². The van der Waals surface area contributed by atoms with Crippen LogP contribution in [0.25, 0.3) is 0 Å². The first-order valence-electron chi connectivity index (χ1n) is 9.95. The molecule has 1 saturated heterocycles. The Labute approximate surface area is 174 Å². The Morgan fingerprint density at radius 1 is 1.20 bits per heavy atom. The number of H-pyrrole nitrogens is 1. The standard InChI is InChI=1S/C21H26N4O5/c26-18(7-6-15-4-2-1-3-5-15)20-23-13-16(24-20)12-17(21(28)29)22-14-19(27)25-8-10-30-11-9-25/h1-5,13,17,22H,6-12,14H2,(H,23,24)(H,28,29)/t17-/m0/s1. The van der Waals surface area contributed by atoms with E-state index in [-0.39, 0.29) is 30.5 Å². The van der Waals surface area contributed by atoms with Crippen molar-refractivity contribution in [3.63, 3.8) is 0 Å². The number of nitrogens with zero attached hydrogens (tertiary/aromatic N) is 2. The number of aliphatic carboxylic acids is 1. The molecule has 1 aromatic heterocycles. The molecule has 30 heavy (non-hydrogen) atoms. The molecule has 0 saturated carbocycles. The van der Waals surface area contributed by atoms with E-state index in [0.717, 1.165) is 5.56 Å². The monoisotopic (exact) mass is 414 g/mol. The van der Waals surface area contributed by atoms with Gasteiger partial charge in [-0.3, -0.25) is 19.7 Å². The van der Waals surface area contributed by atoms with Crippen molar-refractivity contribution in [2.24, 2.45) is 0 Å². The number of imidazole rings is 1. The van der Waals surface area contributed by atoms with Crippen LogP contribution in [0.4, 0.5) is 0 Å². The minimum Gasteiger partial charge on any atom is -0.480 e. The number of aromatic nitrogens is 2. The van der Waals surface area contributed by atoms with Gasteiger partial charge in [0.15, 0.2) is 11.6 Å². The van der Waals surface area contributed by atoms with Gasteiger partial charge < -0.3 is 19.7 Å². The molecule has 1 aliphatic heterocycles. The van der Waals surface area contributed by atoms with Crippen LogP contribution >= 0.6 is 0 Å². The van der Waals surface area contributed by atoms with Crippen molar-refractivity contribution in [2.75, 3.05) is 32.8 Å². The molecule has 1 atom stereocenters. The van der Waals surface area contributed by atoms with Crippen molar-refractivity contribution in [3.05, 3.63) is 53.6 Å². The lowest BCUT2D eigenvalue weighted by Crippen LogP contribution is -2.48. The smallest absolute Gasteiger partial charge is 0.321 e. The Bertz CT molecular complexity index is 861. The summed E-state index contributed by atoms with van der Waals surface area (Å²) in [7, 11) is 0. The Morgan fingerprint density at radius 3 is 2.63 bits per heavy atom. The van der Waals surface area contributed by atoms with Crippen LogP contribution in [-0.4, -0.2) is 76.5 Å². The van der Waals surface area contributed by atoms with Crippen molar-refractivity contribution in [3.8, 4) is 0 Å². The molecule has 0 bridgehead atoms. The highest BCUT2D eigenvalue weighted by atomic mass is 16.5. The van der Waals surface area contributed by atoms with E-state index in [1.807, 2.05) is 30.3 Å². The van der Waals surface area contributed by atoms with Crippen molar-refractivity contribution < 1.29 is 24.2 Å². The zero-order valence-corrected chi connectivity index (χ0v) is 16.7. The van der Waals surface area contributed by atoms with E-state index in [2.05, 4.69) is 15.3 Å². The van der Waals surface area contributed by atoms with E-state index < -0.39 is 12.0 Å². The topological polar surface area (TPSA) is 125 Å². The second kappa shape index (κ2) is 10.7. The maximum Gasteiger partial charge on any atom is 0.321 e. The number of rotatable bonds is 10. The number of Topliss-reactive ketones (excluding diaryl/α,β-unsaturated/α-hetero) is 1. The fourth-order valence-electron chi connectivity index (χ4n) is 3.23. The number of carbonyl (C=O) groups excluding carboxylic acids is 2. The van der Waals surface area contributed by atoms with E-state index in [9.17, 15) is 19.5 Å². The minimum absolute atomic E-state index is 0.0754. The number of aromatic amines is 1. The van der Waals surface area contributed by atoms with E-state index in [4.69, 9.17) is 4.74 Å². The van der Waals surface area contributed by atoms with Crippen LogP contribution in [0, 0.1) is 0 Å². The molecule has 2 aromatic rings. The second-order valence-corrected chi connectivity index (χ2v) is 7.13. The summed E-state index contributed by atoms with van der Waals surface area (Å²) < 4.78 is 5.21. The third-order valence-electron chi connectivity index (χ3n) is 4.96. The molecular formula is C21H26N4O5. The lowest BCUT2D eigenvalue weighted by atomic mass is 10.1. The molecule has 0 spiro atoms. The molecule has 1 aliphatic rings. The number of ether oxygens (including phenoxy) is 1. The zero-order valence-electron chi connectivity index (χ0n) is 16.7. The average molecular weight is 414 g/mol. The van der Waals surface area contributed by atoms with Gasteiger partial charge in [-0.1, -0.05) is 30.3 Å². The number of carboxylic acids is 1. The highest BCUT2D eigenvalue weighted by Crippen LogP contribution is 2.08. The van der Waals surface area contributed by atoms with Gasteiger partial charge in [0.2, 0.25) is 5.91 Å². The first kappa shape index (κ1) is 21.7. The number of amides is 1. The van der Waals surface area contributed by atoms with Crippen LogP contribution in [0.3, 0.4) is 0 Å². The van der Waals surface area contributed by atoms with Crippen LogP contribution in [0.15, 0.2) is 36.5 Å². The predicted octanol–water partition coefficient (Wildman–Crippen LogP) is 0.669. The maximum atomic E-state index is 12.4. The molecule has 0 radical (unpaired) electrons. The summed E-state index contributed by atoms with van der Waals surface area (Å²) in [5.74, 6) is -1.15. The number of hydrogen-bond donors (Lipinski definition) is 3. The molecule has 1 fully saturated rings. The molecule has 9 nitrogen and oxygen atoms in total. The number of carboxylic acid groups (broad SMARTS) is 1. The third-order valence-corrected chi connectivity index (χ3v) is 4.96. The van der Waals surface area contributed by atoms with Crippen molar-refractivity contribution >= 4 is 17.7 Å². The third kappa shape index (κ3) is 6.23. The quantitative estimate of drug-likeness (QED) is 0.488. The molecule has 2 heterocycles. The van der Waals surface area contributed by atoms with Gasteiger partial charge in [0.1, 0.15) is 6.04 Å². The number of carbonyl (C=O) groups is 3. The van der Waals surface area contributed by atoms with Crippen molar-refractivity contribution in [2.45, 2.75) is 25.3 Å². The average Bonchev–Trinajstić information content (AvgIpc) is 3.24. The highest BCUT2D eigenvalue weighted by molar-refractivity contribution is 5.92. The Kier molecular flexibility index (Phi) is 7.69. The zero-order chi connectivity index (χ0) is 21.3. The normalized spacial score (nSPS) is 15.0. The first-order chi connectivity index (χ1) is 14.5. The van der Waals surface area contributed by atoms with Gasteiger partial charge in [-0.15, -0.1) is 0 Å². The Morgan fingerprint density at radius 2 is 1.93 bits per heavy atom. The van der Waals surface area contributed by atoms with E-state index in [1.165, 1.54) is 6.20 Å². The number of benzene rings is 1. The summed E-state index contributed by atoms with van der Waals surface area (Å²) in [6.07, 6.45) is 2.48. The fourth-order valence-corrected chi connectivity index (χ4v) is 3.23. The van der Waals surface area contributed by atoms with Crippen LogP contribution in [-0.2, 0) is 27.2 Å². The molecule has 9 heteroatoms. The summed E-state index contributed by atoms with van der Waals surface area (Å²) in [4.78, 5) is 44.8. The number of ketones is 1. The van der Waals surface area contributed by atoms with Crippen molar-refractivity contribution in [1.29, 1.82) is 0 Å². The van der Waals surface area contributed by atoms with Crippen LogP contribution in [0.5, 0.6) is 0 Å². The summed E-state index contributed by atoms with van der Waals surface area (Å²) in [5, 5.41) is 12.3. The molecule has 0 unspecified atom stereocenters. The number of hydrogen-bond acceptors (Lipinski definition) is 6. The maximum absolute atomic E-state index is 12.4. The lowest BCUT2D eigenvalue weighted by molar-refractivity contribution is -0.140. The molecule has 3 N–H and O–H groups in total. The summed E-state index contributed by atoms with van der Waals surface area (Å²) in [5.41, 5.74) is 1.59. The lowest BCUT2D eigenvalue weighted by Gasteiger charge is -2.27. The second-order valence-electron chi connectivity index (χ2n) is 7.13. The van der Waals surface area contributed by atoms with E-state index in [1.54, 1.807) is 4.90 Å². The summed E-state index contributed by atoms with van der Waals surface area (Å²) >= 11 is 0. The van der Waals surface area contributed by atoms with Crippen LogP contribution in [0.2, 0.25) is 0 Å². The largest absolute Gasteiger partial charge is 0.480 e. The van der Waals surface area contributed by atoms with Gasteiger partial charge >= 0.3 is 5.97 Å². The van der Waals surface area contributed by atoms with E-state index >= 15 is 0 Å².